The van der Waals surface area contributed by atoms with Crippen molar-refractivity contribution in [2.24, 2.45) is 11.8 Å². The summed E-state index contributed by atoms with van der Waals surface area (Å²) >= 11 is 2.22. The molecule has 5 heteroatoms. The van der Waals surface area contributed by atoms with Gasteiger partial charge in [0.25, 0.3) is 0 Å². The van der Waals surface area contributed by atoms with Crippen LogP contribution in [0.15, 0.2) is 66.7 Å². The lowest BCUT2D eigenvalue weighted by Gasteiger charge is -2.52. The summed E-state index contributed by atoms with van der Waals surface area (Å²) in [4.78, 5) is 42.9. The number of aryl methyl sites for hydroxylation is 1. The second kappa shape index (κ2) is 6.61. The molecular formula is C27H20INO3. The fraction of sp³-hybridized carbons (Fsp3) is 0.222. The number of carbonyl (C=O) groups excluding carboxylic acids is 3. The van der Waals surface area contributed by atoms with Gasteiger partial charge in [-0.3, -0.25) is 14.4 Å². The first-order chi connectivity index (χ1) is 15.4. The van der Waals surface area contributed by atoms with Crippen LogP contribution in [0.2, 0.25) is 0 Å². The van der Waals surface area contributed by atoms with Crippen LogP contribution in [0, 0.1) is 22.3 Å². The van der Waals surface area contributed by atoms with Crippen LogP contribution in [0.25, 0.3) is 0 Å². The third kappa shape index (κ3) is 2.20. The molecule has 0 radical (unpaired) electrons. The molecule has 0 saturated carbocycles. The van der Waals surface area contributed by atoms with E-state index in [1.807, 2.05) is 73.7 Å². The van der Waals surface area contributed by atoms with Crippen LogP contribution in [0.1, 0.15) is 40.7 Å². The Kier molecular flexibility index (Phi) is 4.10. The number of amides is 2. The molecule has 0 aromatic heterocycles. The van der Waals surface area contributed by atoms with E-state index in [0.717, 1.165) is 31.4 Å². The second-order valence-electron chi connectivity index (χ2n) is 8.96. The van der Waals surface area contributed by atoms with Crippen LogP contribution < -0.4 is 4.90 Å². The molecule has 1 heterocycles. The normalized spacial score (nSPS) is 27.2. The number of nitrogens with zero attached hydrogens (tertiary/aromatic N) is 1. The predicted molar refractivity (Wildman–Crippen MR) is 130 cm³/mol. The molecule has 0 spiro atoms. The van der Waals surface area contributed by atoms with E-state index in [4.69, 9.17) is 0 Å². The molecule has 0 N–H and O–H groups in total. The lowest BCUT2D eigenvalue weighted by Crippen LogP contribution is -2.57. The van der Waals surface area contributed by atoms with Gasteiger partial charge in [-0.15, -0.1) is 0 Å². The summed E-state index contributed by atoms with van der Waals surface area (Å²) in [7, 11) is 0. The van der Waals surface area contributed by atoms with Gasteiger partial charge in [-0.2, -0.15) is 0 Å². The Balaban J connectivity index is 1.67. The number of anilines is 1. The van der Waals surface area contributed by atoms with E-state index in [0.29, 0.717) is 5.69 Å². The maximum Gasteiger partial charge on any atom is 0.239 e. The summed E-state index contributed by atoms with van der Waals surface area (Å²) in [5.41, 5.74) is 4.07. The summed E-state index contributed by atoms with van der Waals surface area (Å²) in [6.07, 6.45) is 0. The van der Waals surface area contributed by atoms with Gasteiger partial charge in [0.2, 0.25) is 11.8 Å². The number of benzene rings is 3. The highest BCUT2D eigenvalue weighted by atomic mass is 127. The van der Waals surface area contributed by atoms with E-state index in [-0.39, 0.29) is 23.5 Å². The number of hydrogen-bond acceptors (Lipinski definition) is 3. The van der Waals surface area contributed by atoms with Crippen molar-refractivity contribution in [2.45, 2.75) is 25.2 Å². The summed E-state index contributed by atoms with van der Waals surface area (Å²) in [5.74, 6) is -2.12. The second-order valence-corrected chi connectivity index (χ2v) is 10.2. The molecule has 1 aliphatic heterocycles. The Bertz CT molecular complexity index is 1310. The average Bonchev–Trinajstić information content (AvgIpc) is 3.05. The van der Waals surface area contributed by atoms with Gasteiger partial charge in [0, 0.05) is 9.49 Å². The quantitative estimate of drug-likeness (QED) is 0.354. The third-order valence-corrected chi connectivity index (χ3v) is 8.24. The zero-order valence-electron chi connectivity index (χ0n) is 17.6. The van der Waals surface area contributed by atoms with Crippen molar-refractivity contribution in [3.8, 4) is 0 Å². The van der Waals surface area contributed by atoms with Crippen LogP contribution in [0.4, 0.5) is 5.69 Å². The van der Waals surface area contributed by atoms with E-state index in [1.165, 1.54) is 4.90 Å². The SMILES string of the molecule is CC(=O)C12c3ccccc3C(c3ccccc31)C1C(=O)N(c3ccc(I)cc3C)C(=O)C12. The topological polar surface area (TPSA) is 54.5 Å². The van der Waals surface area contributed by atoms with Crippen LogP contribution >= 0.6 is 22.6 Å². The Morgan fingerprint density at radius 3 is 2.06 bits per heavy atom. The molecule has 2 atom stereocenters. The van der Waals surface area contributed by atoms with Crippen molar-refractivity contribution in [3.05, 3.63) is 98.1 Å². The molecule has 1 saturated heterocycles. The standard InChI is InChI=1S/C27H20INO3/c1-14-13-16(28)11-12-21(14)29-25(31)23-22-17-7-3-5-9-19(17)27(15(2)30,24(23)26(29)32)20-10-6-4-8-18(20)22/h3-13,22-24H,1-2H3. The van der Waals surface area contributed by atoms with Gasteiger partial charge in [-0.25, -0.2) is 4.90 Å². The van der Waals surface area contributed by atoms with Gasteiger partial charge in [0.15, 0.2) is 0 Å². The lowest BCUT2D eigenvalue weighted by molar-refractivity contribution is -0.132. The number of hydrogen-bond donors (Lipinski definition) is 0. The number of imide groups is 1. The molecule has 3 aromatic rings. The van der Waals surface area contributed by atoms with Gasteiger partial charge in [-0.1, -0.05) is 48.5 Å². The fourth-order valence-electron chi connectivity index (χ4n) is 6.48. The number of carbonyl (C=O) groups is 3. The molecule has 32 heavy (non-hydrogen) atoms. The fourth-order valence-corrected chi connectivity index (χ4v) is 7.12. The van der Waals surface area contributed by atoms with Crippen molar-refractivity contribution in [3.63, 3.8) is 0 Å². The largest absolute Gasteiger partial charge is 0.299 e. The summed E-state index contributed by atoms with van der Waals surface area (Å²) in [5, 5.41) is 0. The molecule has 3 aliphatic carbocycles. The zero-order chi connectivity index (χ0) is 22.4. The van der Waals surface area contributed by atoms with Crippen LogP contribution in [0.5, 0.6) is 0 Å². The molecule has 4 aliphatic rings. The monoisotopic (exact) mass is 533 g/mol. The van der Waals surface area contributed by atoms with E-state index in [1.54, 1.807) is 6.92 Å². The van der Waals surface area contributed by atoms with Crippen molar-refractivity contribution < 1.29 is 14.4 Å². The minimum Gasteiger partial charge on any atom is -0.299 e. The molecule has 7 rings (SSSR count). The Labute approximate surface area is 199 Å². The van der Waals surface area contributed by atoms with E-state index < -0.39 is 17.3 Å². The summed E-state index contributed by atoms with van der Waals surface area (Å²) in [6, 6.07) is 21.4. The Morgan fingerprint density at radius 2 is 1.50 bits per heavy atom. The highest BCUT2D eigenvalue weighted by Gasteiger charge is 2.70. The summed E-state index contributed by atoms with van der Waals surface area (Å²) in [6.45, 7) is 3.48. The highest BCUT2D eigenvalue weighted by molar-refractivity contribution is 14.1. The Morgan fingerprint density at radius 1 is 0.906 bits per heavy atom. The first kappa shape index (κ1) is 19.9. The molecule has 4 nitrogen and oxygen atoms in total. The van der Waals surface area contributed by atoms with Gasteiger partial charge in [0.1, 0.15) is 5.78 Å². The zero-order valence-corrected chi connectivity index (χ0v) is 19.8. The lowest BCUT2D eigenvalue weighted by atomic mass is 9.46. The Hall–Kier alpha value is -2.80. The third-order valence-electron chi connectivity index (χ3n) is 7.57. The van der Waals surface area contributed by atoms with Gasteiger partial charge >= 0.3 is 0 Å². The molecule has 158 valence electrons. The van der Waals surface area contributed by atoms with Gasteiger partial charge < -0.3 is 0 Å². The van der Waals surface area contributed by atoms with Crippen LogP contribution in [-0.4, -0.2) is 17.6 Å². The first-order valence-electron chi connectivity index (χ1n) is 10.7. The maximum absolute atomic E-state index is 14.1. The number of ketones is 1. The van der Waals surface area contributed by atoms with E-state index in [2.05, 4.69) is 22.6 Å². The average molecular weight is 533 g/mol. The van der Waals surface area contributed by atoms with Gasteiger partial charge in [0.05, 0.1) is 22.9 Å². The number of rotatable bonds is 2. The van der Waals surface area contributed by atoms with Crippen molar-refractivity contribution in [2.75, 3.05) is 4.90 Å². The van der Waals surface area contributed by atoms with E-state index >= 15 is 0 Å². The smallest absolute Gasteiger partial charge is 0.239 e. The van der Waals surface area contributed by atoms with E-state index in [9.17, 15) is 14.4 Å². The molecular weight excluding hydrogens is 513 g/mol. The molecule has 2 amide bonds. The molecule has 2 bridgehead atoms. The van der Waals surface area contributed by atoms with Gasteiger partial charge in [-0.05, 0) is 82.5 Å². The van der Waals surface area contributed by atoms with Crippen molar-refractivity contribution in [1.29, 1.82) is 0 Å². The number of halogens is 1. The molecule has 3 aromatic carbocycles. The number of Topliss-reactive ketones (excluding diaryl/α,β-unsaturated/α-hetero) is 1. The van der Waals surface area contributed by atoms with Crippen LogP contribution in [0.3, 0.4) is 0 Å². The predicted octanol–water partition coefficient (Wildman–Crippen LogP) is 4.74. The minimum absolute atomic E-state index is 0.0899. The van der Waals surface area contributed by atoms with Crippen molar-refractivity contribution in [1.82, 2.24) is 0 Å². The molecule has 2 unspecified atom stereocenters. The first-order valence-corrected chi connectivity index (χ1v) is 11.8. The van der Waals surface area contributed by atoms with Crippen molar-refractivity contribution >= 4 is 45.9 Å². The highest BCUT2D eigenvalue weighted by Crippen LogP contribution is 2.64. The minimum atomic E-state index is -1.15. The van der Waals surface area contributed by atoms with Crippen LogP contribution in [-0.2, 0) is 19.8 Å². The summed E-state index contributed by atoms with van der Waals surface area (Å²) < 4.78 is 1.04. The molecule has 1 fully saturated rings. The maximum atomic E-state index is 14.1.